The molecular formula is C20H30O3. The first kappa shape index (κ1) is 16.8. The summed E-state index contributed by atoms with van der Waals surface area (Å²) in [5, 5.41) is 11.1. The second-order valence-corrected chi connectivity index (χ2v) is 8.99. The van der Waals surface area contributed by atoms with Crippen LogP contribution in [-0.4, -0.2) is 16.5 Å². The van der Waals surface area contributed by atoms with Crippen molar-refractivity contribution in [3.05, 3.63) is 24.2 Å². The molecule has 0 aliphatic heterocycles. The first-order valence-corrected chi connectivity index (χ1v) is 8.95. The van der Waals surface area contributed by atoms with E-state index in [-0.39, 0.29) is 17.1 Å². The standard InChI is InChI=1S/C20H30O3/c1-18(2)8-5-9-19(3)16(18)6-10-20(4,22)17(19)12-15(21)14-7-11-23-13-14/h7,11,13,16-17,22H,5-6,8-10,12H2,1-4H3/t16-,17-,19+,20-/m1/s1. The lowest BCUT2D eigenvalue weighted by atomic mass is 9.45. The second kappa shape index (κ2) is 5.47. The molecule has 1 heterocycles. The van der Waals surface area contributed by atoms with Gasteiger partial charge in [0.2, 0.25) is 0 Å². The van der Waals surface area contributed by atoms with Crippen molar-refractivity contribution in [1.29, 1.82) is 0 Å². The lowest BCUT2D eigenvalue weighted by molar-refractivity contribution is -0.165. The predicted octanol–water partition coefficient (Wildman–Crippen LogP) is 4.85. The fourth-order valence-electron chi connectivity index (χ4n) is 5.80. The third-order valence-electron chi connectivity index (χ3n) is 6.99. The van der Waals surface area contributed by atoms with Crippen molar-refractivity contribution in [1.82, 2.24) is 0 Å². The summed E-state index contributed by atoms with van der Waals surface area (Å²) >= 11 is 0. The predicted molar refractivity (Wildman–Crippen MR) is 90.2 cm³/mol. The van der Waals surface area contributed by atoms with Crippen LogP contribution in [0.1, 0.15) is 76.6 Å². The summed E-state index contributed by atoms with van der Waals surface area (Å²) in [6.07, 6.45) is 8.87. The molecule has 0 unspecified atom stereocenters. The fraction of sp³-hybridized carbons (Fsp3) is 0.750. The van der Waals surface area contributed by atoms with E-state index in [0.717, 1.165) is 19.3 Å². The largest absolute Gasteiger partial charge is 0.472 e. The third-order valence-corrected chi connectivity index (χ3v) is 6.99. The van der Waals surface area contributed by atoms with Crippen LogP contribution in [0.3, 0.4) is 0 Å². The summed E-state index contributed by atoms with van der Waals surface area (Å²) in [6, 6.07) is 1.73. The molecule has 2 aliphatic rings. The van der Waals surface area contributed by atoms with Crippen LogP contribution in [0.4, 0.5) is 0 Å². The minimum Gasteiger partial charge on any atom is -0.472 e. The smallest absolute Gasteiger partial charge is 0.166 e. The fourth-order valence-corrected chi connectivity index (χ4v) is 5.80. The Kier molecular flexibility index (Phi) is 3.99. The van der Waals surface area contributed by atoms with Gasteiger partial charge in [-0.1, -0.05) is 27.2 Å². The van der Waals surface area contributed by atoms with Crippen molar-refractivity contribution in [2.75, 3.05) is 0 Å². The summed E-state index contributed by atoms with van der Waals surface area (Å²) < 4.78 is 5.06. The van der Waals surface area contributed by atoms with Gasteiger partial charge in [0.25, 0.3) is 0 Å². The Morgan fingerprint density at radius 2 is 2.00 bits per heavy atom. The average molecular weight is 318 g/mol. The van der Waals surface area contributed by atoms with Crippen LogP contribution in [0.15, 0.2) is 23.0 Å². The van der Waals surface area contributed by atoms with Crippen molar-refractivity contribution in [3.63, 3.8) is 0 Å². The van der Waals surface area contributed by atoms with Crippen LogP contribution in [0.5, 0.6) is 0 Å². The van der Waals surface area contributed by atoms with Gasteiger partial charge in [0.1, 0.15) is 6.26 Å². The van der Waals surface area contributed by atoms with E-state index >= 15 is 0 Å². The second-order valence-electron chi connectivity index (χ2n) is 8.99. The number of Topliss-reactive ketones (excluding diaryl/α,β-unsaturated/α-hetero) is 1. The highest BCUT2D eigenvalue weighted by Crippen LogP contribution is 2.62. The van der Waals surface area contributed by atoms with Crippen LogP contribution in [0, 0.1) is 22.7 Å². The van der Waals surface area contributed by atoms with E-state index in [1.165, 1.54) is 19.1 Å². The van der Waals surface area contributed by atoms with Crippen LogP contribution in [0.25, 0.3) is 0 Å². The molecule has 23 heavy (non-hydrogen) atoms. The number of hydrogen-bond donors (Lipinski definition) is 1. The van der Waals surface area contributed by atoms with Gasteiger partial charge < -0.3 is 9.52 Å². The van der Waals surface area contributed by atoms with E-state index in [1.54, 1.807) is 12.3 Å². The zero-order valence-corrected chi connectivity index (χ0v) is 14.9. The molecule has 3 rings (SSSR count). The third kappa shape index (κ3) is 2.77. The molecule has 0 radical (unpaired) electrons. The molecule has 2 aliphatic carbocycles. The molecule has 0 amide bonds. The Labute approximate surface area is 139 Å². The lowest BCUT2D eigenvalue weighted by Gasteiger charge is -2.61. The van der Waals surface area contributed by atoms with Gasteiger partial charge in [-0.3, -0.25) is 4.79 Å². The highest BCUT2D eigenvalue weighted by molar-refractivity contribution is 5.95. The van der Waals surface area contributed by atoms with Crippen LogP contribution in [-0.2, 0) is 0 Å². The maximum Gasteiger partial charge on any atom is 0.166 e. The van der Waals surface area contributed by atoms with Gasteiger partial charge in [0.05, 0.1) is 17.4 Å². The molecule has 128 valence electrons. The highest BCUT2D eigenvalue weighted by Gasteiger charge is 2.58. The Morgan fingerprint density at radius 1 is 1.26 bits per heavy atom. The Bertz CT molecular complexity index is 570. The Hall–Kier alpha value is -1.09. The van der Waals surface area contributed by atoms with Crippen molar-refractivity contribution in [3.8, 4) is 0 Å². The van der Waals surface area contributed by atoms with Gasteiger partial charge >= 0.3 is 0 Å². The molecule has 3 heteroatoms. The number of carbonyl (C=O) groups is 1. The zero-order valence-electron chi connectivity index (χ0n) is 14.9. The molecule has 1 aromatic heterocycles. The van der Waals surface area contributed by atoms with Crippen molar-refractivity contribution in [2.24, 2.45) is 22.7 Å². The van der Waals surface area contributed by atoms with Gasteiger partial charge in [0, 0.05) is 12.3 Å². The first-order valence-electron chi connectivity index (χ1n) is 8.95. The van der Waals surface area contributed by atoms with Crippen molar-refractivity contribution < 1.29 is 14.3 Å². The Morgan fingerprint density at radius 3 is 2.65 bits per heavy atom. The zero-order chi connectivity index (χ0) is 16.9. The number of hydrogen-bond acceptors (Lipinski definition) is 3. The van der Waals surface area contributed by atoms with Gasteiger partial charge in [-0.15, -0.1) is 0 Å². The summed E-state index contributed by atoms with van der Waals surface area (Å²) in [5.41, 5.74) is 0.183. The normalized spacial score (nSPS) is 39.7. The monoisotopic (exact) mass is 318 g/mol. The molecule has 3 nitrogen and oxygen atoms in total. The summed E-state index contributed by atoms with van der Waals surface area (Å²) in [7, 11) is 0. The molecule has 1 aromatic rings. The van der Waals surface area contributed by atoms with E-state index in [0.29, 0.717) is 23.3 Å². The molecule has 2 saturated carbocycles. The summed E-state index contributed by atoms with van der Waals surface area (Å²) in [4.78, 5) is 12.7. The maximum atomic E-state index is 12.7. The van der Waals surface area contributed by atoms with Crippen LogP contribution < -0.4 is 0 Å². The van der Waals surface area contributed by atoms with Crippen molar-refractivity contribution in [2.45, 2.75) is 71.8 Å². The number of carbonyl (C=O) groups excluding carboxylic acids is 1. The van der Waals surface area contributed by atoms with Crippen molar-refractivity contribution >= 4 is 5.78 Å². The number of rotatable bonds is 3. The summed E-state index contributed by atoms with van der Waals surface area (Å²) in [6.45, 7) is 8.98. The van der Waals surface area contributed by atoms with Gasteiger partial charge in [-0.05, 0) is 55.4 Å². The number of aliphatic hydroxyl groups is 1. The quantitative estimate of drug-likeness (QED) is 0.811. The molecule has 0 aromatic carbocycles. The topological polar surface area (TPSA) is 50.4 Å². The first-order chi connectivity index (χ1) is 10.7. The molecule has 1 N–H and O–H groups in total. The SMILES string of the molecule is CC1(C)CCC[C@@]2(C)[C@@H]1CC[C@@](C)(O)[C@@H]2CC(=O)c1ccoc1. The van der Waals surface area contributed by atoms with E-state index < -0.39 is 5.60 Å². The van der Waals surface area contributed by atoms with Crippen LogP contribution in [0.2, 0.25) is 0 Å². The van der Waals surface area contributed by atoms with E-state index in [1.807, 2.05) is 6.92 Å². The van der Waals surface area contributed by atoms with E-state index in [9.17, 15) is 9.90 Å². The average Bonchev–Trinajstić information content (AvgIpc) is 2.95. The van der Waals surface area contributed by atoms with Gasteiger partial charge in [-0.25, -0.2) is 0 Å². The number of ketones is 1. The number of fused-ring (bicyclic) bond motifs is 1. The maximum absolute atomic E-state index is 12.7. The van der Waals surface area contributed by atoms with E-state index in [4.69, 9.17) is 4.42 Å². The summed E-state index contributed by atoms with van der Waals surface area (Å²) in [5.74, 6) is 0.677. The molecule has 4 atom stereocenters. The molecular weight excluding hydrogens is 288 g/mol. The minimum atomic E-state index is -0.766. The van der Waals surface area contributed by atoms with Crippen LogP contribution >= 0.6 is 0 Å². The Balaban J connectivity index is 1.92. The molecule has 0 bridgehead atoms. The number of furan rings is 1. The van der Waals surface area contributed by atoms with E-state index in [2.05, 4.69) is 20.8 Å². The van der Waals surface area contributed by atoms with Gasteiger partial charge in [0.15, 0.2) is 5.78 Å². The molecule has 2 fully saturated rings. The lowest BCUT2D eigenvalue weighted by Crippen LogP contribution is -2.58. The van der Waals surface area contributed by atoms with Gasteiger partial charge in [-0.2, -0.15) is 0 Å². The highest BCUT2D eigenvalue weighted by atomic mass is 16.3. The molecule has 0 saturated heterocycles. The minimum absolute atomic E-state index is 0.00993. The molecule has 0 spiro atoms.